The second kappa shape index (κ2) is 3.76. The summed E-state index contributed by atoms with van der Waals surface area (Å²) in [6.07, 6.45) is 0. The molecule has 82 valence electrons. The molecule has 1 aromatic rings. The highest BCUT2D eigenvalue weighted by Crippen LogP contribution is 2.11. The SMILES string of the molecule is CC(=O)N1CCN(c2n[nH]c(N)n2)CC1. The fourth-order valence-electron chi connectivity index (χ4n) is 1.63. The van der Waals surface area contributed by atoms with Gasteiger partial charge in [-0.15, -0.1) is 5.10 Å². The van der Waals surface area contributed by atoms with E-state index in [4.69, 9.17) is 5.73 Å². The van der Waals surface area contributed by atoms with Crippen LogP contribution < -0.4 is 10.6 Å². The number of hydrogen-bond acceptors (Lipinski definition) is 5. The summed E-state index contributed by atoms with van der Waals surface area (Å²) in [4.78, 5) is 19.0. The molecule has 7 heteroatoms. The second-order valence-electron chi connectivity index (χ2n) is 3.51. The van der Waals surface area contributed by atoms with Crippen molar-refractivity contribution >= 4 is 17.8 Å². The number of piperazine rings is 1. The van der Waals surface area contributed by atoms with Crippen LogP contribution in [0.25, 0.3) is 0 Å². The summed E-state index contributed by atoms with van der Waals surface area (Å²) >= 11 is 0. The number of nitrogens with two attached hydrogens (primary N) is 1. The predicted octanol–water partition coefficient (Wildman–Crippen LogP) is -0.945. The Morgan fingerprint density at radius 2 is 2.07 bits per heavy atom. The van der Waals surface area contributed by atoms with Crippen LogP contribution in [-0.4, -0.2) is 52.2 Å². The number of anilines is 2. The largest absolute Gasteiger partial charge is 0.368 e. The highest BCUT2D eigenvalue weighted by Gasteiger charge is 2.20. The molecule has 0 saturated carbocycles. The van der Waals surface area contributed by atoms with Gasteiger partial charge in [0.1, 0.15) is 0 Å². The van der Waals surface area contributed by atoms with E-state index < -0.39 is 0 Å². The Bertz CT molecular complexity index is 354. The van der Waals surface area contributed by atoms with E-state index in [0.29, 0.717) is 25.0 Å². The molecule has 7 nitrogen and oxygen atoms in total. The number of carbonyl (C=O) groups is 1. The van der Waals surface area contributed by atoms with E-state index in [-0.39, 0.29) is 5.91 Å². The fourth-order valence-corrected chi connectivity index (χ4v) is 1.63. The average Bonchev–Trinajstić information content (AvgIpc) is 2.65. The molecule has 0 radical (unpaired) electrons. The molecule has 1 amide bonds. The van der Waals surface area contributed by atoms with E-state index in [9.17, 15) is 4.79 Å². The van der Waals surface area contributed by atoms with Crippen LogP contribution in [0.5, 0.6) is 0 Å². The normalized spacial score (nSPS) is 16.9. The molecule has 0 aromatic carbocycles. The molecule has 2 heterocycles. The van der Waals surface area contributed by atoms with Crippen molar-refractivity contribution in [1.82, 2.24) is 20.1 Å². The Morgan fingerprint density at radius 3 is 2.53 bits per heavy atom. The van der Waals surface area contributed by atoms with Gasteiger partial charge in [-0.3, -0.25) is 4.79 Å². The average molecular weight is 210 g/mol. The first kappa shape index (κ1) is 9.75. The summed E-state index contributed by atoms with van der Waals surface area (Å²) in [6.45, 7) is 4.50. The Labute approximate surface area is 87.3 Å². The minimum absolute atomic E-state index is 0.115. The number of nitrogen functional groups attached to an aromatic ring is 1. The van der Waals surface area contributed by atoms with Gasteiger partial charge in [-0.25, -0.2) is 5.10 Å². The summed E-state index contributed by atoms with van der Waals surface area (Å²) in [5.74, 6) is 1.04. The molecular formula is C8H14N6O. The number of rotatable bonds is 1. The van der Waals surface area contributed by atoms with Crippen LogP contribution in [0.15, 0.2) is 0 Å². The van der Waals surface area contributed by atoms with Gasteiger partial charge in [0.25, 0.3) is 0 Å². The van der Waals surface area contributed by atoms with E-state index in [1.165, 1.54) is 0 Å². The summed E-state index contributed by atoms with van der Waals surface area (Å²) in [7, 11) is 0. The molecule has 1 aromatic heterocycles. The highest BCUT2D eigenvalue weighted by molar-refractivity contribution is 5.73. The van der Waals surface area contributed by atoms with Crippen molar-refractivity contribution < 1.29 is 4.79 Å². The number of hydrogen-bond donors (Lipinski definition) is 2. The number of nitrogens with one attached hydrogen (secondary N) is 1. The zero-order valence-electron chi connectivity index (χ0n) is 8.60. The van der Waals surface area contributed by atoms with Crippen molar-refractivity contribution in [1.29, 1.82) is 0 Å². The lowest BCUT2D eigenvalue weighted by Crippen LogP contribution is -2.48. The van der Waals surface area contributed by atoms with E-state index in [1.54, 1.807) is 6.92 Å². The smallest absolute Gasteiger partial charge is 0.246 e. The molecule has 15 heavy (non-hydrogen) atoms. The first-order valence-electron chi connectivity index (χ1n) is 4.85. The Kier molecular flexibility index (Phi) is 2.44. The summed E-state index contributed by atoms with van der Waals surface area (Å²) < 4.78 is 0. The molecule has 0 aliphatic carbocycles. The minimum atomic E-state index is 0.115. The second-order valence-corrected chi connectivity index (χ2v) is 3.51. The van der Waals surface area contributed by atoms with Crippen molar-refractivity contribution in [3.63, 3.8) is 0 Å². The molecule has 2 rings (SSSR count). The van der Waals surface area contributed by atoms with E-state index in [1.807, 2.05) is 9.80 Å². The summed E-state index contributed by atoms with van der Waals surface area (Å²) in [5.41, 5.74) is 5.44. The van der Waals surface area contributed by atoms with Crippen molar-refractivity contribution in [2.75, 3.05) is 36.8 Å². The van der Waals surface area contributed by atoms with Gasteiger partial charge in [0.15, 0.2) is 0 Å². The van der Waals surface area contributed by atoms with Crippen molar-refractivity contribution in [2.24, 2.45) is 0 Å². The van der Waals surface area contributed by atoms with Crippen molar-refractivity contribution in [3.8, 4) is 0 Å². The fraction of sp³-hybridized carbons (Fsp3) is 0.625. The number of carbonyl (C=O) groups excluding carboxylic acids is 1. The molecule has 0 unspecified atom stereocenters. The van der Waals surface area contributed by atoms with Crippen LogP contribution in [0, 0.1) is 0 Å². The predicted molar refractivity (Wildman–Crippen MR) is 55.3 cm³/mol. The lowest BCUT2D eigenvalue weighted by molar-refractivity contribution is -0.129. The van der Waals surface area contributed by atoms with Crippen LogP contribution in [-0.2, 0) is 4.79 Å². The standard InChI is InChI=1S/C8H14N6O/c1-6(15)13-2-4-14(5-3-13)8-10-7(9)11-12-8/h2-5H2,1H3,(H3,9,10,11,12). The van der Waals surface area contributed by atoms with E-state index in [0.717, 1.165) is 13.1 Å². The van der Waals surface area contributed by atoms with Gasteiger partial charge in [0, 0.05) is 33.1 Å². The number of amides is 1. The Balaban J connectivity index is 1.96. The maximum Gasteiger partial charge on any atom is 0.246 e. The van der Waals surface area contributed by atoms with Gasteiger partial charge in [-0.1, -0.05) is 0 Å². The van der Waals surface area contributed by atoms with Crippen LogP contribution >= 0.6 is 0 Å². The van der Waals surface area contributed by atoms with E-state index in [2.05, 4.69) is 15.2 Å². The molecule has 0 atom stereocenters. The highest BCUT2D eigenvalue weighted by atomic mass is 16.2. The van der Waals surface area contributed by atoms with Crippen LogP contribution in [0.3, 0.4) is 0 Å². The summed E-state index contributed by atoms with van der Waals surface area (Å²) in [5, 5.41) is 6.57. The van der Waals surface area contributed by atoms with Gasteiger partial charge >= 0.3 is 0 Å². The lowest BCUT2D eigenvalue weighted by atomic mass is 10.3. The molecule has 3 N–H and O–H groups in total. The van der Waals surface area contributed by atoms with E-state index >= 15 is 0 Å². The molecule has 0 spiro atoms. The zero-order valence-corrected chi connectivity index (χ0v) is 8.60. The third-order valence-corrected chi connectivity index (χ3v) is 2.50. The monoisotopic (exact) mass is 210 g/mol. The lowest BCUT2D eigenvalue weighted by Gasteiger charge is -2.33. The third-order valence-electron chi connectivity index (χ3n) is 2.50. The molecule has 0 bridgehead atoms. The maximum atomic E-state index is 11.1. The molecular weight excluding hydrogens is 196 g/mol. The number of H-pyrrole nitrogens is 1. The van der Waals surface area contributed by atoms with Crippen LogP contribution in [0.4, 0.5) is 11.9 Å². The molecule has 1 aliphatic heterocycles. The maximum absolute atomic E-state index is 11.1. The zero-order chi connectivity index (χ0) is 10.8. The van der Waals surface area contributed by atoms with Gasteiger partial charge in [-0.05, 0) is 0 Å². The third kappa shape index (κ3) is 2.00. The van der Waals surface area contributed by atoms with Crippen LogP contribution in [0.1, 0.15) is 6.92 Å². The van der Waals surface area contributed by atoms with Gasteiger partial charge in [0.05, 0.1) is 0 Å². The molecule has 1 saturated heterocycles. The van der Waals surface area contributed by atoms with Gasteiger partial charge in [-0.2, -0.15) is 4.98 Å². The quantitative estimate of drug-likeness (QED) is 0.624. The number of aromatic amines is 1. The first-order chi connectivity index (χ1) is 7.16. The molecule has 1 fully saturated rings. The van der Waals surface area contributed by atoms with Crippen molar-refractivity contribution in [2.45, 2.75) is 6.92 Å². The topological polar surface area (TPSA) is 91.1 Å². The van der Waals surface area contributed by atoms with Crippen molar-refractivity contribution in [3.05, 3.63) is 0 Å². The Morgan fingerprint density at radius 1 is 1.40 bits per heavy atom. The van der Waals surface area contributed by atoms with Gasteiger partial charge in [0.2, 0.25) is 17.8 Å². The van der Waals surface area contributed by atoms with Gasteiger partial charge < -0.3 is 15.5 Å². The first-order valence-corrected chi connectivity index (χ1v) is 4.85. The number of aromatic nitrogens is 3. The molecule has 1 aliphatic rings. The number of nitrogens with zero attached hydrogens (tertiary/aromatic N) is 4. The summed E-state index contributed by atoms with van der Waals surface area (Å²) in [6, 6.07) is 0. The van der Waals surface area contributed by atoms with Crippen LogP contribution in [0.2, 0.25) is 0 Å². The minimum Gasteiger partial charge on any atom is -0.368 e. The Hall–Kier alpha value is -1.79.